The Kier molecular flexibility index (Phi) is 5.57. The maximum Gasteiger partial charge on any atom is 0.0976 e. The van der Waals surface area contributed by atoms with Crippen LogP contribution in [0.2, 0.25) is 0 Å². The molecule has 5 nitrogen and oxygen atoms in total. The number of methoxy groups -OCH3 is 2. The highest BCUT2D eigenvalue weighted by atomic mass is 16.5. The predicted octanol–water partition coefficient (Wildman–Crippen LogP) is 1.41. The van der Waals surface area contributed by atoms with E-state index in [0.717, 1.165) is 18.8 Å². The van der Waals surface area contributed by atoms with Crippen molar-refractivity contribution in [3.63, 3.8) is 0 Å². The molecule has 0 aliphatic heterocycles. The molecular formula is C14H23N3O2. The third kappa shape index (κ3) is 4.78. The van der Waals surface area contributed by atoms with Crippen molar-refractivity contribution < 1.29 is 9.47 Å². The van der Waals surface area contributed by atoms with E-state index in [1.54, 1.807) is 20.4 Å². The lowest BCUT2D eigenvalue weighted by atomic mass is 10.2. The first kappa shape index (κ1) is 14.2. The number of nitrogens with zero attached hydrogens (tertiary/aromatic N) is 1. The number of anilines is 1. The van der Waals surface area contributed by atoms with Crippen LogP contribution < -0.4 is 10.6 Å². The number of rotatable bonds is 9. The molecule has 5 heteroatoms. The van der Waals surface area contributed by atoms with Gasteiger partial charge in [0.15, 0.2) is 0 Å². The highest BCUT2D eigenvalue weighted by molar-refractivity contribution is 5.49. The molecule has 1 aliphatic rings. The Morgan fingerprint density at radius 1 is 1.42 bits per heavy atom. The lowest BCUT2D eigenvalue weighted by Gasteiger charge is -2.17. The minimum Gasteiger partial charge on any atom is -0.382 e. The Bertz CT molecular complexity index is 383. The van der Waals surface area contributed by atoms with Gasteiger partial charge in [0, 0.05) is 57.0 Å². The first-order chi connectivity index (χ1) is 9.33. The molecule has 0 radical (unpaired) electrons. The molecule has 0 amide bonds. The molecule has 106 valence electrons. The molecule has 1 fully saturated rings. The first-order valence-corrected chi connectivity index (χ1v) is 6.75. The summed E-state index contributed by atoms with van der Waals surface area (Å²) in [7, 11) is 3.39. The largest absolute Gasteiger partial charge is 0.382 e. The molecule has 0 saturated heterocycles. The normalized spacial score (nSPS) is 16.3. The number of aromatic nitrogens is 1. The Morgan fingerprint density at radius 3 is 2.95 bits per heavy atom. The minimum atomic E-state index is 0.0578. The quantitative estimate of drug-likeness (QED) is 0.707. The van der Waals surface area contributed by atoms with E-state index >= 15 is 0 Å². The van der Waals surface area contributed by atoms with Gasteiger partial charge in [-0.25, -0.2) is 0 Å². The van der Waals surface area contributed by atoms with Crippen LogP contribution in [0.4, 0.5) is 5.69 Å². The molecule has 0 aromatic carbocycles. The topological polar surface area (TPSA) is 55.4 Å². The number of ether oxygens (including phenoxy) is 2. The van der Waals surface area contributed by atoms with Crippen LogP contribution in [0.25, 0.3) is 0 Å². The van der Waals surface area contributed by atoms with Gasteiger partial charge < -0.3 is 20.1 Å². The molecule has 1 aromatic heterocycles. The Balaban J connectivity index is 1.86. The van der Waals surface area contributed by atoms with Gasteiger partial charge in [0.1, 0.15) is 0 Å². The molecule has 1 atom stereocenters. The molecule has 1 unspecified atom stereocenters. The summed E-state index contributed by atoms with van der Waals surface area (Å²) in [6, 6.07) is 2.71. The molecule has 19 heavy (non-hydrogen) atoms. The summed E-state index contributed by atoms with van der Waals surface area (Å²) in [5.74, 6) is 0. The minimum absolute atomic E-state index is 0.0578. The second-order valence-corrected chi connectivity index (χ2v) is 4.88. The summed E-state index contributed by atoms with van der Waals surface area (Å²) in [6.07, 6.45) is 6.37. The van der Waals surface area contributed by atoms with Crippen LogP contribution in [0.5, 0.6) is 0 Å². The molecule has 1 aromatic rings. The number of pyridine rings is 1. The number of hydrogen-bond donors (Lipinski definition) is 2. The van der Waals surface area contributed by atoms with E-state index in [4.69, 9.17) is 9.47 Å². The van der Waals surface area contributed by atoms with Gasteiger partial charge in [-0.2, -0.15) is 0 Å². The molecule has 2 N–H and O–H groups in total. The molecule has 1 heterocycles. The lowest BCUT2D eigenvalue weighted by molar-refractivity contribution is 0.0365. The Labute approximate surface area is 114 Å². The van der Waals surface area contributed by atoms with Crippen molar-refractivity contribution in [1.82, 2.24) is 10.3 Å². The zero-order valence-corrected chi connectivity index (χ0v) is 11.7. The average Bonchev–Trinajstić information content (AvgIpc) is 3.26. The van der Waals surface area contributed by atoms with Crippen LogP contribution in [-0.2, 0) is 16.0 Å². The van der Waals surface area contributed by atoms with E-state index in [1.165, 1.54) is 18.4 Å². The standard InChI is InChI=1S/C14H23N3O2/c1-18-10-13(19-2)9-17-14-5-6-15-7-11(14)8-16-12-3-4-12/h5-7,12-13,16H,3-4,8-10H2,1-2H3,(H,15,17). The van der Waals surface area contributed by atoms with E-state index in [-0.39, 0.29) is 6.10 Å². The smallest absolute Gasteiger partial charge is 0.0976 e. The van der Waals surface area contributed by atoms with Crippen LogP contribution in [0.3, 0.4) is 0 Å². The highest BCUT2D eigenvalue weighted by Gasteiger charge is 2.20. The van der Waals surface area contributed by atoms with Crippen LogP contribution in [0, 0.1) is 0 Å². The molecular weight excluding hydrogens is 242 g/mol. The van der Waals surface area contributed by atoms with E-state index in [0.29, 0.717) is 12.6 Å². The summed E-state index contributed by atoms with van der Waals surface area (Å²) in [5.41, 5.74) is 2.31. The van der Waals surface area contributed by atoms with Crippen LogP contribution in [0.1, 0.15) is 18.4 Å². The summed E-state index contributed by atoms with van der Waals surface area (Å²) < 4.78 is 10.5. The van der Waals surface area contributed by atoms with Gasteiger partial charge in [0.25, 0.3) is 0 Å². The second-order valence-electron chi connectivity index (χ2n) is 4.88. The predicted molar refractivity (Wildman–Crippen MR) is 75.3 cm³/mol. The van der Waals surface area contributed by atoms with Gasteiger partial charge in [0.2, 0.25) is 0 Å². The zero-order valence-electron chi connectivity index (χ0n) is 11.7. The first-order valence-electron chi connectivity index (χ1n) is 6.75. The van der Waals surface area contributed by atoms with Gasteiger partial charge in [-0.3, -0.25) is 4.98 Å². The van der Waals surface area contributed by atoms with Crippen molar-refractivity contribution in [3.8, 4) is 0 Å². The van der Waals surface area contributed by atoms with Crippen molar-refractivity contribution in [2.45, 2.75) is 31.5 Å². The summed E-state index contributed by atoms with van der Waals surface area (Å²) in [5, 5.41) is 6.91. The molecule has 1 aliphatic carbocycles. The highest BCUT2D eigenvalue weighted by Crippen LogP contribution is 2.21. The number of nitrogens with one attached hydrogen (secondary N) is 2. The van der Waals surface area contributed by atoms with Gasteiger partial charge in [-0.15, -0.1) is 0 Å². The summed E-state index contributed by atoms with van der Waals surface area (Å²) >= 11 is 0. The Morgan fingerprint density at radius 2 is 2.26 bits per heavy atom. The van der Waals surface area contributed by atoms with Crippen LogP contribution in [0.15, 0.2) is 18.5 Å². The fourth-order valence-corrected chi connectivity index (χ4v) is 1.90. The monoisotopic (exact) mass is 265 g/mol. The Hall–Kier alpha value is -1.17. The molecule has 0 bridgehead atoms. The van der Waals surface area contributed by atoms with Crippen molar-refractivity contribution in [1.29, 1.82) is 0 Å². The van der Waals surface area contributed by atoms with Crippen molar-refractivity contribution in [2.75, 3.05) is 32.7 Å². The lowest BCUT2D eigenvalue weighted by Crippen LogP contribution is -2.27. The molecule has 0 spiro atoms. The van der Waals surface area contributed by atoms with Crippen LogP contribution in [-0.4, -0.2) is 44.5 Å². The zero-order chi connectivity index (χ0) is 13.5. The third-order valence-electron chi connectivity index (χ3n) is 3.27. The molecule has 1 saturated carbocycles. The van der Waals surface area contributed by atoms with Gasteiger partial charge in [-0.1, -0.05) is 0 Å². The average molecular weight is 265 g/mol. The summed E-state index contributed by atoms with van der Waals surface area (Å²) in [4.78, 5) is 4.19. The fourth-order valence-electron chi connectivity index (χ4n) is 1.90. The number of hydrogen-bond acceptors (Lipinski definition) is 5. The van der Waals surface area contributed by atoms with Crippen molar-refractivity contribution >= 4 is 5.69 Å². The SMILES string of the molecule is COCC(CNc1ccncc1CNC1CC1)OC. The fraction of sp³-hybridized carbons (Fsp3) is 0.643. The van der Waals surface area contributed by atoms with E-state index < -0.39 is 0 Å². The maximum atomic E-state index is 5.34. The van der Waals surface area contributed by atoms with E-state index in [9.17, 15) is 0 Å². The van der Waals surface area contributed by atoms with Gasteiger partial charge >= 0.3 is 0 Å². The maximum absolute atomic E-state index is 5.34. The van der Waals surface area contributed by atoms with Gasteiger partial charge in [-0.05, 0) is 18.9 Å². The van der Waals surface area contributed by atoms with Crippen LogP contribution >= 0.6 is 0 Å². The summed E-state index contributed by atoms with van der Waals surface area (Å²) in [6.45, 7) is 2.18. The molecule has 2 rings (SSSR count). The van der Waals surface area contributed by atoms with E-state index in [2.05, 4.69) is 15.6 Å². The van der Waals surface area contributed by atoms with E-state index in [1.807, 2.05) is 12.3 Å². The second kappa shape index (κ2) is 7.43. The van der Waals surface area contributed by atoms with Crippen molar-refractivity contribution in [3.05, 3.63) is 24.0 Å². The van der Waals surface area contributed by atoms with Gasteiger partial charge in [0.05, 0.1) is 12.7 Å². The third-order valence-corrected chi connectivity index (χ3v) is 3.27. The van der Waals surface area contributed by atoms with Crippen molar-refractivity contribution in [2.24, 2.45) is 0 Å².